The van der Waals surface area contributed by atoms with Gasteiger partial charge in [0.1, 0.15) is 6.33 Å². The van der Waals surface area contributed by atoms with Gasteiger partial charge in [0.25, 0.3) is 5.56 Å². The zero-order valence-corrected chi connectivity index (χ0v) is 13.7. The van der Waals surface area contributed by atoms with E-state index in [1.54, 1.807) is 59.7 Å². The topological polar surface area (TPSA) is 52.7 Å². The fraction of sp³-hybridized carbons (Fsp3) is 0. The minimum absolute atomic E-state index is 0.214. The van der Waals surface area contributed by atoms with Gasteiger partial charge in [-0.1, -0.05) is 35.3 Å². The molecule has 4 rings (SSSR count). The fourth-order valence-electron chi connectivity index (χ4n) is 2.55. The van der Waals surface area contributed by atoms with Crippen molar-refractivity contribution < 1.29 is 0 Å². The maximum absolute atomic E-state index is 13.1. The van der Waals surface area contributed by atoms with Crippen molar-refractivity contribution in [3.05, 3.63) is 81.6 Å². The Morgan fingerprint density at radius 2 is 1.88 bits per heavy atom. The number of halogens is 2. The number of nitrogens with zero attached hydrogens (tertiary/aromatic N) is 4. The Morgan fingerprint density at radius 3 is 2.62 bits per heavy atom. The van der Waals surface area contributed by atoms with E-state index < -0.39 is 0 Å². The molecule has 0 fully saturated rings. The molecule has 0 atom stereocenters. The van der Waals surface area contributed by atoms with E-state index in [1.807, 2.05) is 6.07 Å². The van der Waals surface area contributed by atoms with Crippen molar-refractivity contribution in [2.24, 2.45) is 0 Å². The zero-order valence-electron chi connectivity index (χ0n) is 12.2. The van der Waals surface area contributed by atoms with Crippen LogP contribution in [-0.2, 0) is 0 Å². The third-order valence-corrected chi connectivity index (χ3v) is 4.18. The fourth-order valence-corrected chi connectivity index (χ4v) is 3.04. The van der Waals surface area contributed by atoms with E-state index in [1.165, 1.54) is 4.57 Å². The lowest BCUT2D eigenvalue weighted by atomic mass is 10.2. The summed E-state index contributed by atoms with van der Waals surface area (Å²) in [6.45, 7) is 0. The molecule has 0 N–H and O–H groups in total. The molecular formula is C17H10Cl2N4O. The van der Waals surface area contributed by atoms with Crippen LogP contribution in [0.5, 0.6) is 0 Å². The molecule has 2 aromatic carbocycles. The van der Waals surface area contributed by atoms with E-state index in [9.17, 15) is 4.79 Å². The predicted molar refractivity (Wildman–Crippen MR) is 94.5 cm³/mol. The third kappa shape index (κ3) is 2.38. The molecular weight excluding hydrogens is 347 g/mol. The van der Waals surface area contributed by atoms with Crippen LogP contribution in [0.4, 0.5) is 0 Å². The molecule has 0 aliphatic rings. The van der Waals surface area contributed by atoms with Crippen molar-refractivity contribution in [1.82, 2.24) is 19.1 Å². The Labute approximate surface area is 146 Å². The van der Waals surface area contributed by atoms with Crippen LogP contribution in [0, 0.1) is 0 Å². The summed E-state index contributed by atoms with van der Waals surface area (Å²) in [7, 11) is 0. The van der Waals surface area contributed by atoms with Gasteiger partial charge in [-0.15, -0.1) is 0 Å². The van der Waals surface area contributed by atoms with Crippen molar-refractivity contribution in [3.8, 4) is 11.6 Å². The molecule has 7 heteroatoms. The van der Waals surface area contributed by atoms with Crippen LogP contribution in [0.2, 0.25) is 10.0 Å². The largest absolute Gasteiger partial charge is 0.275 e. The number of hydrogen-bond donors (Lipinski definition) is 0. The molecule has 0 saturated heterocycles. The van der Waals surface area contributed by atoms with Gasteiger partial charge in [-0.2, -0.15) is 0 Å². The Morgan fingerprint density at radius 1 is 1.04 bits per heavy atom. The highest BCUT2D eigenvalue weighted by Gasteiger charge is 2.16. The zero-order chi connectivity index (χ0) is 16.7. The molecule has 2 aromatic heterocycles. The van der Waals surface area contributed by atoms with Gasteiger partial charge >= 0.3 is 0 Å². The number of imidazole rings is 1. The lowest BCUT2D eigenvalue weighted by Crippen LogP contribution is -2.24. The van der Waals surface area contributed by atoms with Gasteiger partial charge in [-0.05, 0) is 30.3 Å². The number of benzene rings is 2. The number of fused-ring (bicyclic) bond motifs is 1. The van der Waals surface area contributed by atoms with Gasteiger partial charge in [0.2, 0.25) is 5.95 Å². The first-order valence-electron chi connectivity index (χ1n) is 7.11. The first kappa shape index (κ1) is 14.9. The first-order valence-corrected chi connectivity index (χ1v) is 7.86. The summed E-state index contributed by atoms with van der Waals surface area (Å²) in [5, 5.41) is 1.37. The van der Waals surface area contributed by atoms with Crippen LogP contribution in [0.1, 0.15) is 0 Å². The van der Waals surface area contributed by atoms with Crippen molar-refractivity contribution in [1.29, 1.82) is 0 Å². The van der Waals surface area contributed by atoms with Crippen molar-refractivity contribution in [3.63, 3.8) is 0 Å². The van der Waals surface area contributed by atoms with Crippen molar-refractivity contribution in [2.45, 2.75) is 0 Å². The van der Waals surface area contributed by atoms with Crippen LogP contribution in [0.15, 0.2) is 66.0 Å². The monoisotopic (exact) mass is 356 g/mol. The molecule has 0 saturated carbocycles. The quantitative estimate of drug-likeness (QED) is 0.547. The summed E-state index contributed by atoms with van der Waals surface area (Å²) in [5.41, 5.74) is 0.897. The summed E-state index contributed by atoms with van der Waals surface area (Å²) in [4.78, 5) is 21.7. The van der Waals surface area contributed by atoms with E-state index >= 15 is 0 Å². The van der Waals surface area contributed by atoms with Gasteiger partial charge in [0, 0.05) is 17.4 Å². The third-order valence-electron chi connectivity index (χ3n) is 3.64. The highest BCUT2D eigenvalue weighted by molar-refractivity contribution is 6.35. The molecule has 118 valence electrons. The van der Waals surface area contributed by atoms with Crippen LogP contribution in [0.3, 0.4) is 0 Å². The molecule has 0 amide bonds. The molecule has 0 radical (unpaired) electrons. The van der Waals surface area contributed by atoms with Crippen LogP contribution < -0.4 is 5.56 Å². The summed E-state index contributed by atoms with van der Waals surface area (Å²) < 4.78 is 3.13. The molecule has 0 unspecified atom stereocenters. The van der Waals surface area contributed by atoms with Gasteiger partial charge in [-0.3, -0.25) is 9.36 Å². The van der Waals surface area contributed by atoms with Gasteiger partial charge < -0.3 is 0 Å². The Hall–Kier alpha value is -2.63. The molecule has 0 bridgehead atoms. The SMILES string of the molecule is O=c1c2ccccc2nc(-n2ccnc2)n1-c1ccc(Cl)cc1Cl. The Kier molecular flexibility index (Phi) is 3.59. The number of para-hydroxylation sites is 1. The van der Waals surface area contributed by atoms with Crippen LogP contribution in [-0.4, -0.2) is 19.1 Å². The second kappa shape index (κ2) is 5.78. The predicted octanol–water partition coefficient (Wildman–Crippen LogP) is 3.88. The highest BCUT2D eigenvalue weighted by atomic mass is 35.5. The van der Waals surface area contributed by atoms with Gasteiger partial charge in [-0.25, -0.2) is 14.5 Å². The normalized spacial score (nSPS) is 11.1. The van der Waals surface area contributed by atoms with Crippen molar-refractivity contribution >= 4 is 34.1 Å². The standard InChI is InChI=1S/C17H10Cl2N4O/c18-11-5-6-15(13(19)9-11)23-16(24)12-3-1-2-4-14(12)21-17(23)22-8-7-20-10-22/h1-10H. The van der Waals surface area contributed by atoms with E-state index in [2.05, 4.69) is 9.97 Å². The second-order valence-electron chi connectivity index (χ2n) is 5.14. The number of rotatable bonds is 2. The molecule has 0 aliphatic carbocycles. The average molecular weight is 357 g/mol. The Balaban J connectivity index is 2.15. The van der Waals surface area contributed by atoms with E-state index in [0.717, 1.165) is 0 Å². The summed E-state index contributed by atoms with van der Waals surface area (Å²) in [6.07, 6.45) is 4.92. The summed E-state index contributed by atoms with van der Waals surface area (Å²) in [6, 6.07) is 12.2. The molecule has 0 aliphatic heterocycles. The number of hydrogen-bond acceptors (Lipinski definition) is 3. The molecule has 24 heavy (non-hydrogen) atoms. The Bertz CT molecular complexity index is 1100. The first-order chi connectivity index (χ1) is 11.6. The van der Waals surface area contributed by atoms with Crippen molar-refractivity contribution in [2.75, 3.05) is 0 Å². The highest BCUT2D eigenvalue weighted by Crippen LogP contribution is 2.25. The minimum Gasteiger partial charge on any atom is -0.275 e. The van der Waals surface area contributed by atoms with E-state index in [0.29, 0.717) is 32.6 Å². The maximum Gasteiger partial charge on any atom is 0.267 e. The van der Waals surface area contributed by atoms with E-state index in [4.69, 9.17) is 23.2 Å². The summed E-state index contributed by atoms with van der Waals surface area (Å²) in [5.74, 6) is 0.403. The minimum atomic E-state index is -0.214. The second-order valence-corrected chi connectivity index (χ2v) is 5.98. The molecule has 4 aromatic rings. The number of aromatic nitrogens is 4. The smallest absolute Gasteiger partial charge is 0.267 e. The van der Waals surface area contributed by atoms with E-state index in [-0.39, 0.29) is 5.56 Å². The summed E-state index contributed by atoms with van der Waals surface area (Å²) >= 11 is 12.3. The molecule has 5 nitrogen and oxygen atoms in total. The average Bonchev–Trinajstić information content (AvgIpc) is 3.10. The van der Waals surface area contributed by atoms with Gasteiger partial charge in [0.05, 0.1) is 21.6 Å². The lowest BCUT2D eigenvalue weighted by Gasteiger charge is -2.15. The maximum atomic E-state index is 13.1. The van der Waals surface area contributed by atoms with Gasteiger partial charge in [0.15, 0.2) is 0 Å². The van der Waals surface area contributed by atoms with Crippen LogP contribution >= 0.6 is 23.2 Å². The molecule has 2 heterocycles. The lowest BCUT2D eigenvalue weighted by molar-refractivity contribution is 0.841. The van der Waals surface area contributed by atoms with Crippen LogP contribution in [0.25, 0.3) is 22.5 Å². The molecule has 0 spiro atoms.